The largest absolute Gasteiger partial charge is 0.324 e. The van der Waals surface area contributed by atoms with Crippen LogP contribution in [-0.2, 0) is 4.79 Å². The first kappa shape index (κ1) is 12.5. The minimum Gasteiger partial charge on any atom is -0.324 e. The zero-order chi connectivity index (χ0) is 13.1. The van der Waals surface area contributed by atoms with Gasteiger partial charge < -0.3 is 11.1 Å². The molecule has 94 valence electrons. The van der Waals surface area contributed by atoms with Gasteiger partial charge in [0.1, 0.15) is 0 Å². The van der Waals surface area contributed by atoms with Gasteiger partial charge in [0.15, 0.2) is 0 Å². The number of hydrogen-bond acceptors (Lipinski definition) is 3. The van der Waals surface area contributed by atoms with E-state index < -0.39 is 6.04 Å². The van der Waals surface area contributed by atoms with Crippen molar-refractivity contribution in [2.45, 2.75) is 19.9 Å². The van der Waals surface area contributed by atoms with Gasteiger partial charge in [-0.05, 0) is 30.2 Å². The minimum atomic E-state index is -0.503. The van der Waals surface area contributed by atoms with Crippen LogP contribution in [0.2, 0.25) is 0 Å². The van der Waals surface area contributed by atoms with Gasteiger partial charge in [-0.3, -0.25) is 9.78 Å². The Morgan fingerprint density at radius 2 is 2.06 bits per heavy atom. The van der Waals surface area contributed by atoms with Crippen LogP contribution in [-0.4, -0.2) is 16.9 Å². The lowest BCUT2D eigenvalue weighted by atomic mass is 10.0. The third kappa shape index (κ3) is 2.49. The number of nitrogens with zero attached hydrogens (tertiary/aromatic N) is 1. The van der Waals surface area contributed by atoms with Gasteiger partial charge in [0.25, 0.3) is 0 Å². The number of nitrogens with two attached hydrogens (primary N) is 1. The van der Waals surface area contributed by atoms with Crippen molar-refractivity contribution in [1.29, 1.82) is 0 Å². The molecule has 0 saturated heterocycles. The van der Waals surface area contributed by atoms with Crippen LogP contribution in [0, 0.1) is 5.92 Å². The monoisotopic (exact) mass is 243 g/mol. The van der Waals surface area contributed by atoms with Gasteiger partial charge in [0, 0.05) is 11.6 Å². The number of rotatable bonds is 3. The third-order valence-electron chi connectivity index (χ3n) is 2.92. The molecule has 1 atom stereocenters. The first-order valence-electron chi connectivity index (χ1n) is 6.00. The maximum Gasteiger partial charge on any atom is 0.241 e. The summed E-state index contributed by atoms with van der Waals surface area (Å²) in [4.78, 5) is 16.2. The second-order valence-corrected chi connectivity index (χ2v) is 4.63. The minimum absolute atomic E-state index is 0.109. The van der Waals surface area contributed by atoms with Gasteiger partial charge in [-0.15, -0.1) is 0 Å². The van der Waals surface area contributed by atoms with Crippen molar-refractivity contribution in [2.75, 3.05) is 5.32 Å². The molecular formula is C14H17N3O. The number of aromatic nitrogens is 1. The van der Waals surface area contributed by atoms with E-state index in [0.717, 1.165) is 16.6 Å². The fourth-order valence-electron chi connectivity index (χ4n) is 1.73. The quantitative estimate of drug-likeness (QED) is 0.868. The van der Waals surface area contributed by atoms with Crippen LogP contribution in [0.25, 0.3) is 10.9 Å². The van der Waals surface area contributed by atoms with E-state index in [0.29, 0.717) is 0 Å². The summed E-state index contributed by atoms with van der Waals surface area (Å²) >= 11 is 0. The lowest BCUT2D eigenvalue weighted by molar-refractivity contribution is -0.118. The highest BCUT2D eigenvalue weighted by molar-refractivity contribution is 6.02. The molecule has 4 heteroatoms. The van der Waals surface area contributed by atoms with E-state index in [1.807, 2.05) is 44.2 Å². The van der Waals surface area contributed by atoms with Crippen molar-refractivity contribution in [2.24, 2.45) is 11.7 Å². The molecule has 2 aromatic rings. The summed E-state index contributed by atoms with van der Waals surface area (Å²) < 4.78 is 0. The molecule has 0 aliphatic heterocycles. The van der Waals surface area contributed by atoms with Crippen molar-refractivity contribution in [3.8, 4) is 0 Å². The lowest BCUT2D eigenvalue weighted by Crippen LogP contribution is -2.39. The molecule has 0 fully saturated rings. The molecule has 0 aliphatic rings. The molecule has 1 aromatic carbocycles. The van der Waals surface area contributed by atoms with E-state index >= 15 is 0 Å². The number of amides is 1. The lowest BCUT2D eigenvalue weighted by Gasteiger charge is -2.16. The average Bonchev–Trinajstić information content (AvgIpc) is 2.38. The highest BCUT2D eigenvalue weighted by Gasteiger charge is 2.17. The molecule has 1 amide bonds. The normalized spacial score (nSPS) is 12.7. The molecular weight excluding hydrogens is 226 g/mol. The Bertz CT molecular complexity index is 560. The summed E-state index contributed by atoms with van der Waals surface area (Å²) in [6.45, 7) is 3.85. The van der Waals surface area contributed by atoms with Gasteiger partial charge in [-0.2, -0.15) is 0 Å². The number of benzene rings is 1. The topological polar surface area (TPSA) is 68.0 Å². The summed E-state index contributed by atoms with van der Waals surface area (Å²) in [6, 6.07) is 8.91. The van der Waals surface area contributed by atoms with E-state index in [1.165, 1.54) is 0 Å². The van der Waals surface area contributed by atoms with Crippen LogP contribution in [0.15, 0.2) is 36.5 Å². The number of hydrogen-bond donors (Lipinski definition) is 2. The number of fused-ring (bicyclic) bond motifs is 1. The molecule has 18 heavy (non-hydrogen) atoms. The second kappa shape index (κ2) is 5.14. The molecule has 0 bridgehead atoms. The molecule has 0 saturated carbocycles. The van der Waals surface area contributed by atoms with Crippen molar-refractivity contribution >= 4 is 22.5 Å². The van der Waals surface area contributed by atoms with Crippen molar-refractivity contribution in [3.63, 3.8) is 0 Å². The molecule has 0 aliphatic carbocycles. The Hall–Kier alpha value is -1.94. The predicted molar refractivity (Wildman–Crippen MR) is 73.2 cm³/mol. The molecule has 4 nitrogen and oxygen atoms in total. The zero-order valence-electron chi connectivity index (χ0n) is 10.6. The average molecular weight is 243 g/mol. The third-order valence-corrected chi connectivity index (χ3v) is 2.92. The Balaban J connectivity index is 2.30. The highest BCUT2D eigenvalue weighted by atomic mass is 16.2. The van der Waals surface area contributed by atoms with Gasteiger partial charge in [-0.1, -0.05) is 19.9 Å². The number of nitrogens with one attached hydrogen (secondary N) is 1. The van der Waals surface area contributed by atoms with Crippen LogP contribution in [0.4, 0.5) is 5.69 Å². The number of pyridine rings is 1. The molecule has 3 N–H and O–H groups in total. The fraction of sp³-hybridized carbons (Fsp3) is 0.286. The number of carbonyl (C=O) groups is 1. The van der Waals surface area contributed by atoms with Gasteiger partial charge in [0.2, 0.25) is 5.91 Å². The summed E-state index contributed by atoms with van der Waals surface area (Å²) in [7, 11) is 0. The second-order valence-electron chi connectivity index (χ2n) is 4.63. The van der Waals surface area contributed by atoms with Crippen molar-refractivity contribution in [1.82, 2.24) is 4.98 Å². The maximum atomic E-state index is 11.9. The SMILES string of the molecule is CC(C)C(N)C(=O)Nc1cccc2ncccc12. The number of anilines is 1. The van der Waals surface area contributed by atoms with Crippen LogP contribution in [0.3, 0.4) is 0 Å². The molecule has 1 heterocycles. The maximum absolute atomic E-state index is 11.9. The number of carbonyl (C=O) groups excluding carboxylic acids is 1. The molecule has 0 spiro atoms. The molecule has 1 aromatic heterocycles. The Kier molecular flexibility index (Phi) is 3.58. The fourth-order valence-corrected chi connectivity index (χ4v) is 1.73. The Morgan fingerprint density at radius 3 is 2.78 bits per heavy atom. The van der Waals surface area contributed by atoms with Crippen LogP contribution in [0.5, 0.6) is 0 Å². The standard InChI is InChI=1S/C14H17N3O/c1-9(2)13(15)14(18)17-12-7-3-6-11-10(12)5-4-8-16-11/h3-9,13H,15H2,1-2H3,(H,17,18). The van der Waals surface area contributed by atoms with E-state index in [-0.39, 0.29) is 11.8 Å². The molecule has 1 unspecified atom stereocenters. The van der Waals surface area contributed by atoms with Crippen LogP contribution in [0.1, 0.15) is 13.8 Å². The smallest absolute Gasteiger partial charge is 0.241 e. The Morgan fingerprint density at radius 1 is 1.28 bits per heavy atom. The molecule has 0 radical (unpaired) electrons. The summed E-state index contributed by atoms with van der Waals surface area (Å²) in [5.41, 5.74) is 7.43. The van der Waals surface area contributed by atoms with Gasteiger partial charge in [-0.25, -0.2) is 0 Å². The zero-order valence-corrected chi connectivity index (χ0v) is 10.6. The summed E-state index contributed by atoms with van der Waals surface area (Å²) in [5.74, 6) is -0.0561. The van der Waals surface area contributed by atoms with Gasteiger partial charge >= 0.3 is 0 Å². The predicted octanol–water partition coefficient (Wildman–Crippen LogP) is 2.16. The summed E-state index contributed by atoms with van der Waals surface area (Å²) in [5, 5.41) is 3.78. The van der Waals surface area contributed by atoms with E-state index in [4.69, 9.17) is 5.73 Å². The Labute approximate surface area is 106 Å². The molecule has 2 rings (SSSR count). The van der Waals surface area contributed by atoms with Gasteiger partial charge in [0.05, 0.1) is 17.2 Å². The first-order chi connectivity index (χ1) is 8.59. The van der Waals surface area contributed by atoms with Crippen LogP contribution >= 0.6 is 0 Å². The highest BCUT2D eigenvalue weighted by Crippen LogP contribution is 2.21. The first-order valence-corrected chi connectivity index (χ1v) is 6.00. The van der Waals surface area contributed by atoms with E-state index in [9.17, 15) is 4.79 Å². The van der Waals surface area contributed by atoms with E-state index in [1.54, 1.807) is 6.20 Å². The van der Waals surface area contributed by atoms with Crippen molar-refractivity contribution < 1.29 is 4.79 Å². The van der Waals surface area contributed by atoms with Crippen LogP contribution < -0.4 is 11.1 Å². The van der Waals surface area contributed by atoms with E-state index in [2.05, 4.69) is 10.3 Å². The van der Waals surface area contributed by atoms with Crippen molar-refractivity contribution in [3.05, 3.63) is 36.5 Å². The summed E-state index contributed by atoms with van der Waals surface area (Å²) in [6.07, 6.45) is 1.73.